The first-order chi connectivity index (χ1) is 8.36. The molecule has 84 valence electrons. The summed E-state index contributed by atoms with van der Waals surface area (Å²) in [5, 5.41) is 10.2. The fourth-order valence-electron chi connectivity index (χ4n) is 1.95. The average molecular weight is 224 g/mol. The summed E-state index contributed by atoms with van der Waals surface area (Å²) < 4.78 is 5.77. The second-order valence-electron chi connectivity index (χ2n) is 4.01. The van der Waals surface area contributed by atoms with E-state index in [-0.39, 0.29) is 6.61 Å². The van der Waals surface area contributed by atoms with Gasteiger partial charge in [0.15, 0.2) is 0 Å². The molecule has 2 aromatic carbocycles. The Balaban J connectivity index is 2.13. The van der Waals surface area contributed by atoms with E-state index in [0.717, 1.165) is 27.9 Å². The zero-order valence-corrected chi connectivity index (χ0v) is 9.26. The van der Waals surface area contributed by atoms with Gasteiger partial charge in [-0.2, -0.15) is 0 Å². The number of aliphatic hydroxyl groups excluding tert-OH is 1. The van der Waals surface area contributed by atoms with Crippen molar-refractivity contribution in [2.75, 3.05) is 0 Å². The topological polar surface area (TPSA) is 33.4 Å². The van der Waals surface area contributed by atoms with Crippen LogP contribution in [0.3, 0.4) is 0 Å². The number of hydrogen-bond donors (Lipinski definition) is 1. The molecule has 17 heavy (non-hydrogen) atoms. The largest absolute Gasteiger partial charge is 0.456 e. The summed E-state index contributed by atoms with van der Waals surface area (Å²) in [6.07, 6.45) is 0. The number of para-hydroxylation sites is 1. The molecule has 3 rings (SSSR count). The third-order valence-electron chi connectivity index (χ3n) is 2.82. The second kappa shape index (κ2) is 4.07. The smallest absolute Gasteiger partial charge is 0.135 e. The molecule has 2 heteroatoms. The Morgan fingerprint density at radius 2 is 1.82 bits per heavy atom. The first kappa shape index (κ1) is 10.1. The standard InChI is InChI=1S/C15H12O2/c16-10-11-4-3-6-12(8-11)15-9-13-5-1-2-7-14(13)17-15/h1-9,16H,10H2. The second-order valence-corrected chi connectivity index (χ2v) is 4.01. The fraction of sp³-hybridized carbons (Fsp3) is 0.0667. The van der Waals surface area contributed by atoms with Crippen molar-refractivity contribution in [3.05, 3.63) is 60.2 Å². The first-order valence-corrected chi connectivity index (χ1v) is 5.55. The Bertz CT molecular complexity index is 620. The highest BCUT2D eigenvalue weighted by Crippen LogP contribution is 2.28. The van der Waals surface area contributed by atoms with Gasteiger partial charge in [0.25, 0.3) is 0 Å². The highest BCUT2D eigenvalue weighted by atomic mass is 16.3. The van der Waals surface area contributed by atoms with Crippen LogP contribution in [-0.4, -0.2) is 5.11 Å². The van der Waals surface area contributed by atoms with Crippen LogP contribution >= 0.6 is 0 Å². The van der Waals surface area contributed by atoms with Gasteiger partial charge in [-0.1, -0.05) is 36.4 Å². The van der Waals surface area contributed by atoms with Crippen LogP contribution in [0.4, 0.5) is 0 Å². The van der Waals surface area contributed by atoms with Crippen molar-refractivity contribution in [3.63, 3.8) is 0 Å². The summed E-state index contributed by atoms with van der Waals surface area (Å²) in [6, 6.07) is 17.7. The average Bonchev–Trinajstić information content (AvgIpc) is 2.82. The lowest BCUT2D eigenvalue weighted by molar-refractivity contribution is 0.282. The van der Waals surface area contributed by atoms with Gasteiger partial charge in [0, 0.05) is 10.9 Å². The van der Waals surface area contributed by atoms with Crippen molar-refractivity contribution >= 4 is 11.0 Å². The minimum absolute atomic E-state index is 0.0497. The molecule has 1 N–H and O–H groups in total. The lowest BCUT2D eigenvalue weighted by Gasteiger charge is -1.99. The van der Waals surface area contributed by atoms with Gasteiger partial charge in [0.05, 0.1) is 6.61 Å². The van der Waals surface area contributed by atoms with Crippen LogP contribution in [-0.2, 0) is 6.61 Å². The highest BCUT2D eigenvalue weighted by molar-refractivity contribution is 5.82. The molecule has 1 heterocycles. The van der Waals surface area contributed by atoms with Gasteiger partial charge in [-0.3, -0.25) is 0 Å². The number of rotatable bonds is 2. The van der Waals surface area contributed by atoms with Crippen LogP contribution in [0.25, 0.3) is 22.3 Å². The van der Waals surface area contributed by atoms with Crippen LogP contribution in [0.1, 0.15) is 5.56 Å². The number of hydrogen-bond acceptors (Lipinski definition) is 2. The molecule has 0 bridgehead atoms. The van der Waals surface area contributed by atoms with Gasteiger partial charge < -0.3 is 9.52 Å². The third-order valence-corrected chi connectivity index (χ3v) is 2.82. The van der Waals surface area contributed by atoms with Gasteiger partial charge in [-0.25, -0.2) is 0 Å². The molecule has 0 radical (unpaired) electrons. The molecule has 3 aromatic rings. The SMILES string of the molecule is OCc1cccc(-c2cc3ccccc3o2)c1. The van der Waals surface area contributed by atoms with Crippen molar-refractivity contribution in [2.45, 2.75) is 6.61 Å². The summed E-state index contributed by atoms with van der Waals surface area (Å²) >= 11 is 0. The minimum atomic E-state index is 0.0497. The molecule has 0 aliphatic rings. The zero-order chi connectivity index (χ0) is 11.7. The molecule has 0 aliphatic heterocycles. The van der Waals surface area contributed by atoms with Crippen LogP contribution in [0.15, 0.2) is 59.0 Å². The fourth-order valence-corrected chi connectivity index (χ4v) is 1.95. The van der Waals surface area contributed by atoms with E-state index in [1.54, 1.807) is 0 Å². The van der Waals surface area contributed by atoms with Crippen LogP contribution < -0.4 is 0 Å². The molecule has 0 fully saturated rings. The molecule has 0 saturated heterocycles. The van der Waals surface area contributed by atoms with Crippen molar-refractivity contribution in [3.8, 4) is 11.3 Å². The van der Waals surface area contributed by atoms with E-state index in [2.05, 4.69) is 0 Å². The monoisotopic (exact) mass is 224 g/mol. The molecule has 0 unspecified atom stereocenters. The van der Waals surface area contributed by atoms with E-state index in [9.17, 15) is 0 Å². The lowest BCUT2D eigenvalue weighted by Crippen LogP contribution is -1.82. The number of aliphatic hydroxyl groups is 1. The molecule has 0 aliphatic carbocycles. The first-order valence-electron chi connectivity index (χ1n) is 5.55. The highest BCUT2D eigenvalue weighted by Gasteiger charge is 2.05. The predicted octanol–water partition coefficient (Wildman–Crippen LogP) is 3.59. The van der Waals surface area contributed by atoms with Gasteiger partial charge in [-0.15, -0.1) is 0 Å². The molecule has 0 amide bonds. The number of benzene rings is 2. The van der Waals surface area contributed by atoms with E-state index in [1.165, 1.54) is 0 Å². The number of fused-ring (bicyclic) bond motifs is 1. The van der Waals surface area contributed by atoms with Crippen molar-refractivity contribution in [1.82, 2.24) is 0 Å². The molecular formula is C15H12O2. The summed E-state index contributed by atoms with van der Waals surface area (Å²) in [5.41, 5.74) is 2.77. The molecule has 0 spiro atoms. The maximum Gasteiger partial charge on any atom is 0.135 e. The van der Waals surface area contributed by atoms with Gasteiger partial charge in [0.1, 0.15) is 11.3 Å². The molecular weight excluding hydrogens is 212 g/mol. The van der Waals surface area contributed by atoms with E-state index >= 15 is 0 Å². The Morgan fingerprint density at radius 1 is 0.941 bits per heavy atom. The molecule has 0 saturated carbocycles. The Hall–Kier alpha value is -2.06. The Labute approximate surface area is 99.1 Å². The van der Waals surface area contributed by atoms with Crippen molar-refractivity contribution < 1.29 is 9.52 Å². The van der Waals surface area contributed by atoms with Crippen LogP contribution in [0.2, 0.25) is 0 Å². The predicted molar refractivity (Wildman–Crippen MR) is 67.6 cm³/mol. The van der Waals surface area contributed by atoms with Gasteiger partial charge in [0.2, 0.25) is 0 Å². The zero-order valence-electron chi connectivity index (χ0n) is 9.26. The Kier molecular flexibility index (Phi) is 2.42. The normalized spacial score (nSPS) is 10.9. The maximum atomic E-state index is 9.12. The molecule has 1 aromatic heterocycles. The Morgan fingerprint density at radius 3 is 2.65 bits per heavy atom. The van der Waals surface area contributed by atoms with Crippen molar-refractivity contribution in [2.24, 2.45) is 0 Å². The molecule has 0 atom stereocenters. The molecule has 2 nitrogen and oxygen atoms in total. The summed E-state index contributed by atoms with van der Waals surface area (Å²) in [5.74, 6) is 0.835. The minimum Gasteiger partial charge on any atom is -0.456 e. The summed E-state index contributed by atoms with van der Waals surface area (Å²) in [4.78, 5) is 0. The number of furan rings is 1. The van der Waals surface area contributed by atoms with Gasteiger partial charge >= 0.3 is 0 Å². The third kappa shape index (κ3) is 1.83. The van der Waals surface area contributed by atoms with E-state index < -0.39 is 0 Å². The van der Waals surface area contributed by atoms with E-state index in [4.69, 9.17) is 9.52 Å². The van der Waals surface area contributed by atoms with E-state index in [0.29, 0.717) is 0 Å². The van der Waals surface area contributed by atoms with Crippen molar-refractivity contribution in [1.29, 1.82) is 0 Å². The van der Waals surface area contributed by atoms with Crippen LogP contribution in [0, 0.1) is 0 Å². The summed E-state index contributed by atoms with van der Waals surface area (Å²) in [6.45, 7) is 0.0497. The summed E-state index contributed by atoms with van der Waals surface area (Å²) in [7, 11) is 0. The van der Waals surface area contributed by atoms with E-state index in [1.807, 2.05) is 54.6 Å². The lowest BCUT2D eigenvalue weighted by atomic mass is 10.1. The van der Waals surface area contributed by atoms with Crippen LogP contribution in [0.5, 0.6) is 0 Å². The quantitative estimate of drug-likeness (QED) is 0.721. The maximum absolute atomic E-state index is 9.12. The van der Waals surface area contributed by atoms with Gasteiger partial charge in [-0.05, 0) is 23.8 Å².